The lowest BCUT2D eigenvalue weighted by molar-refractivity contribution is 0.0697. The van der Waals surface area contributed by atoms with Crippen LogP contribution in [0.5, 0.6) is 5.75 Å². The summed E-state index contributed by atoms with van der Waals surface area (Å²) in [6.07, 6.45) is 0. The lowest BCUT2D eigenvalue weighted by atomic mass is 10.2. The van der Waals surface area contributed by atoms with Crippen molar-refractivity contribution in [1.29, 1.82) is 0 Å². The molecule has 2 rings (SSSR count). The molecule has 0 aromatic carbocycles. The van der Waals surface area contributed by atoms with E-state index in [0.717, 1.165) is 14.2 Å². The van der Waals surface area contributed by atoms with Gasteiger partial charge in [0.2, 0.25) is 0 Å². The van der Waals surface area contributed by atoms with Crippen LogP contribution in [0.1, 0.15) is 39.2 Å². The second-order valence-electron chi connectivity index (χ2n) is 4.28. The first kappa shape index (κ1) is 14.6. The Kier molecular flexibility index (Phi) is 4.65. The monoisotopic (exact) mass is 360 g/mol. The topological polar surface area (TPSA) is 46.5 Å². The van der Waals surface area contributed by atoms with Gasteiger partial charge in [0.05, 0.1) is 4.88 Å². The first-order valence-corrected chi connectivity index (χ1v) is 8.19. The summed E-state index contributed by atoms with van der Waals surface area (Å²) in [5, 5.41) is 11.2. The van der Waals surface area contributed by atoms with Gasteiger partial charge < -0.3 is 9.84 Å². The van der Waals surface area contributed by atoms with E-state index in [2.05, 4.69) is 15.9 Å². The highest BCUT2D eigenvalue weighted by Crippen LogP contribution is 2.35. The standard InChI is InChI=1S/C13H13BrO3S2/c1-7(2)10-5-9(12(19-10)13(15)16)17-6-11-8(14)3-4-18-11/h3-5,7H,6H2,1-2H3,(H,15,16). The van der Waals surface area contributed by atoms with Gasteiger partial charge in [-0.05, 0) is 39.4 Å². The van der Waals surface area contributed by atoms with Gasteiger partial charge >= 0.3 is 5.97 Å². The van der Waals surface area contributed by atoms with Gasteiger partial charge in [-0.25, -0.2) is 4.79 Å². The maximum absolute atomic E-state index is 11.2. The van der Waals surface area contributed by atoms with Crippen molar-refractivity contribution in [3.63, 3.8) is 0 Å². The van der Waals surface area contributed by atoms with Crippen LogP contribution in [0.25, 0.3) is 0 Å². The van der Waals surface area contributed by atoms with Crippen LogP contribution in [0, 0.1) is 0 Å². The SMILES string of the molecule is CC(C)c1cc(OCc2sccc2Br)c(C(=O)O)s1. The van der Waals surface area contributed by atoms with Gasteiger partial charge in [0.1, 0.15) is 12.4 Å². The molecular formula is C13H13BrO3S2. The van der Waals surface area contributed by atoms with Crippen molar-refractivity contribution in [2.24, 2.45) is 0 Å². The molecule has 0 unspecified atom stereocenters. The number of carboxylic acid groups (broad SMARTS) is 1. The second kappa shape index (κ2) is 6.07. The molecule has 0 radical (unpaired) electrons. The summed E-state index contributed by atoms with van der Waals surface area (Å²) in [5.41, 5.74) is 0. The van der Waals surface area contributed by atoms with Crippen LogP contribution in [0.15, 0.2) is 22.0 Å². The molecule has 0 aliphatic carbocycles. The molecule has 0 fully saturated rings. The summed E-state index contributed by atoms with van der Waals surface area (Å²) in [4.78, 5) is 13.6. The zero-order chi connectivity index (χ0) is 14.0. The smallest absolute Gasteiger partial charge is 0.349 e. The van der Waals surface area contributed by atoms with E-state index in [0.29, 0.717) is 18.3 Å². The third-order valence-electron chi connectivity index (χ3n) is 2.53. The van der Waals surface area contributed by atoms with Crippen molar-refractivity contribution in [3.8, 4) is 5.75 Å². The highest BCUT2D eigenvalue weighted by Gasteiger charge is 2.18. The molecule has 0 saturated heterocycles. The van der Waals surface area contributed by atoms with Crippen molar-refractivity contribution in [1.82, 2.24) is 0 Å². The van der Waals surface area contributed by atoms with Crippen LogP contribution in [0.2, 0.25) is 0 Å². The molecule has 0 spiro atoms. The quantitative estimate of drug-likeness (QED) is 0.818. The van der Waals surface area contributed by atoms with Gasteiger partial charge in [-0.15, -0.1) is 22.7 Å². The average Bonchev–Trinajstić information content (AvgIpc) is 2.92. The minimum Gasteiger partial charge on any atom is -0.486 e. The van der Waals surface area contributed by atoms with E-state index in [1.807, 2.05) is 31.4 Å². The third kappa shape index (κ3) is 3.38. The molecule has 0 bridgehead atoms. The average molecular weight is 361 g/mol. The summed E-state index contributed by atoms with van der Waals surface area (Å²) in [6.45, 7) is 4.46. The van der Waals surface area contributed by atoms with Gasteiger partial charge in [0, 0.05) is 9.35 Å². The van der Waals surface area contributed by atoms with Crippen molar-refractivity contribution < 1.29 is 14.6 Å². The summed E-state index contributed by atoms with van der Waals surface area (Å²) < 4.78 is 6.66. The molecule has 2 aromatic rings. The van der Waals surface area contributed by atoms with Crippen LogP contribution in [-0.4, -0.2) is 11.1 Å². The molecule has 0 amide bonds. The van der Waals surface area contributed by atoms with Crippen LogP contribution in [0.4, 0.5) is 0 Å². The summed E-state index contributed by atoms with van der Waals surface area (Å²) in [7, 11) is 0. The maximum atomic E-state index is 11.2. The Morgan fingerprint density at radius 3 is 2.79 bits per heavy atom. The van der Waals surface area contributed by atoms with E-state index in [4.69, 9.17) is 4.74 Å². The number of hydrogen-bond donors (Lipinski definition) is 1. The Labute approximate surface area is 128 Å². The predicted molar refractivity (Wildman–Crippen MR) is 81.7 cm³/mol. The molecule has 2 heterocycles. The lowest BCUT2D eigenvalue weighted by Crippen LogP contribution is -1.99. The first-order chi connectivity index (χ1) is 8.99. The molecule has 19 heavy (non-hydrogen) atoms. The Morgan fingerprint density at radius 2 is 2.26 bits per heavy atom. The zero-order valence-electron chi connectivity index (χ0n) is 10.5. The van der Waals surface area contributed by atoms with Crippen molar-refractivity contribution in [2.75, 3.05) is 0 Å². The molecule has 3 nitrogen and oxygen atoms in total. The minimum atomic E-state index is -0.933. The highest BCUT2D eigenvalue weighted by molar-refractivity contribution is 9.10. The fourth-order valence-corrected chi connectivity index (χ4v) is 3.83. The van der Waals surface area contributed by atoms with Crippen molar-refractivity contribution in [3.05, 3.63) is 36.6 Å². The molecule has 102 valence electrons. The number of aromatic carboxylic acids is 1. The van der Waals surface area contributed by atoms with Crippen LogP contribution < -0.4 is 4.74 Å². The number of hydrogen-bond acceptors (Lipinski definition) is 4. The maximum Gasteiger partial charge on any atom is 0.349 e. The molecule has 0 saturated carbocycles. The van der Waals surface area contributed by atoms with Crippen LogP contribution >= 0.6 is 38.6 Å². The normalized spacial score (nSPS) is 10.9. The number of ether oxygens (including phenoxy) is 1. The van der Waals surface area contributed by atoms with Crippen LogP contribution in [-0.2, 0) is 6.61 Å². The number of carbonyl (C=O) groups is 1. The van der Waals surface area contributed by atoms with Crippen molar-refractivity contribution >= 4 is 44.6 Å². The van der Waals surface area contributed by atoms with Crippen molar-refractivity contribution in [2.45, 2.75) is 26.4 Å². The second-order valence-corrected chi connectivity index (χ2v) is 7.22. The molecule has 0 atom stereocenters. The van der Waals surface area contributed by atoms with E-state index in [1.165, 1.54) is 11.3 Å². The van der Waals surface area contributed by atoms with E-state index in [-0.39, 0.29) is 4.88 Å². The van der Waals surface area contributed by atoms with Gasteiger partial charge in [-0.3, -0.25) is 0 Å². The molecule has 2 aromatic heterocycles. The largest absolute Gasteiger partial charge is 0.486 e. The van der Waals surface area contributed by atoms with Crippen LogP contribution in [0.3, 0.4) is 0 Å². The molecular weight excluding hydrogens is 348 g/mol. The third-order valence-corrected chi connectivity index (χ3v) is 5.83. The summed E-state index contributed by atoms with van der Waals surface area (Å²) in [5.74, 6) is -0.174. The van der Waals surface area contributed by atoms with E-state index < -0.39 is 5.97 Å². The van der Waals surface area contributed by atoms with Gasteiger partial charge in [-0.1, -0.05) is 13.8 Å². The molecule has 6 heteroatoms. The van der Waals surface area contributed by atoms with Gasteiger partial charge in [0.25, 0.3) is 0 Å². The number of carboxylic acids is 1. The Bertz CT molecular complexity index is 586. The van der Waals surface area contributed by atoms with E-state index in [1.54, 1.807) is 11.3 Å². The molecule has 1 N–H and O–H groups in total. The zero-order valence-corrected chi connectivity index (χ0v) is 13.7. The summed E-state index contributed by atoms with van der Waals surface area (Å²) in [6, 6.07) is 3.79. The van der Waals surface area contributed by atoms with E-state index in [9.17, 15) is 9.90 Å². The predicted octanol–water partition coefficient (Wildman–Crippen LogP) is 4.97. The minimum absolute atomic E-state index is 0.274. The van der Waals surface area contributed by atoms with Gasteiger partial charge in [0.15, 0.2) is 4.88 Å². The lowest BCUT2D eigenvalue weighted by Gasteiger charge is -2.04. The van der Waals surface area contributed by atoms with Gasteiger partial charge in [-0.2, -0.15) is 0 Å². The first-order valence-electron chi connectivity index (χ1n) is 5.70. The number of rotatable bonds is 5. The Hall–Kier alpha value is -0.850. The molecule has 0 aliphatic heterocycles. The van der Waals surface area contributed by atoms with E-state index >= 15 is 0 Å². The fraction of sp³-hybridized carbons (Fsp3) is 0.308. The molecule has 0 aliphatic rings. The fourth-order valence-electron chi connectivity index (χ4n) is 1.50. The number of thiophene rings is 2. The Balaban J connectivity index is 2.19. The summed E-state index contributed by atoms with van der Waals surface area (Å²) >= 11 is 6.30. The number of halogens is 1. The highest BCUT2D eigenvalue weighted by atomic mass is 79.9. The Morgan fingerprint density at radius 1 is 1.53 bits per heavy atom.